The molecule has 82 valence electrons. The molecule has 6 heteroatoms. The van der Waals surface area contributed by atoms with E-state index < -0.39 is 16.4 Å². The largest absolute Gasteiger partial charge is 0.304 e. The lowest BCUT2D eigenvalue weighted by Crippen LogP contribution is -1.92. The van der Waals surface area contributed by atoms with Crippen LogP contribution in [0, 0.1) is 22.9 Å². The summed E-state index contributed by atoms with van der Waals surface area (Å²) in [5, 5.41) is 11.3. The molecule has 0 aliphatic heterocycles. The molecule has 1 aromatic carbocycles. The van der Waals surface area contributed by atoms with Crippen LogP contribution in [0.3, 0.4) is 0 Å². The summed E-state index contributed by atoms with van der Waals surface area (Å²) in [5.41, 5.74) is 0.0960. The number of aryl methyl sites for hydroxylation is 1. The van der Waals surface area contributed by atoms with E-state index in [1.165, 1.54) is 23.5 Å². The van der Waals surface area contributed by atoms with E-state index in [1.54, 1.807) is 6.20 Å². The number of rotatable bonds is 2. The van der Waals surface area contributed by atoms with Crippen molar-refractivity contribution in [3.63, 3.8) is 0 Å². The van der Waals surface area contributed by atoms with Crippen LogP contribution in [0.2, 0.25) is 0 Å². The van der Waals surface area contributed by atoms with Crippen LogP contribution in [0.4, 0.5) is 10.1 Å². The molecular formula is C10H7FN2O2S. The predicted molar refractivity (Wildman–Crippen MR) is 58.9 cm³/mol. The fourth-order valence-corrected chi connectivity index (χ4v) is 2.08. The van der Waals surface area contributed by atoms with Gasteiger partial charge >= 0.3 is 5.69 Å². The molecule has 0 saturated carbocycles. The monoisotopic (exact) mass is 238 g/mol. The Morgan fingerprint density at radius 2 is 2.25 bits per heavy atom. The van der Waals surface area contributed by atoms with E-state index in [0.717, 1.165) is 16.0 Å². The summed E-state index contributed by atoms with van der Waals surface area (Å²) in [6.45, 7) is 1.84. The average molecular weight is 238 g/mol. The lowest BCUT2D eigenvalue weighted by atomic mass is 10.2. The first-order valence-corrected chi connectivity index (χ1v) is 5.26. The van der Waals surface area contributed by atoms with E-state index in [-0.39, 0.29) is 0 Å². The predicted octanol–water partition coefficient (Wildman–Crippen LogP) is 3.17. The minimum atomic E-state index is -0.825. The number of halogens is 1. The second-order valence-corrected chi connectivity index (χ2v) is 4.40. The lowest BCUT2D eigenvalue weighted by molar-refractivity contribution is -0.387. The molecule has 0 unspecified atom stereocenters. The maximum absolute atomic E-state index is 13.3. The summed E-state index contributed by atoms with van der Waals surface area (Å²) >= 11 is 1.42. The fraction of sp³-hybridized carbons (Fsp3) is 0.100. The smallest absolute Gasteiger partial charge is 0.258 e. The number of nitro groups is 1. The van der Waals surface area contributed by atoms with Crippen molar-refractivity contribution in [3.8, 4) is 10.4 Å². The first-order valence-electron chi connectivity index (χ1n) is 4.44. The molecule has 0 aliphatic carbocycles. The van der Waals surface area contributed by atoms with Gasteiger partial charge in [0.25, 0.3) is 0 Å². The Bertz CT molecular complexity index is 554. The van der Waals surface area contributed by atoms with Gasteiger partial charge in [0.05, 0.1) is 14.8 Å². The number of nitro benzene ring substituents is 1. The molecule has 0 atom stereocenters. The van der Waals surface area contributed by atoms with Crippen molar-refractivity contribution >= 4 is 17.0 Å². The quantitative estimate of drug-likeness (QED) is 0.596. The molecule has 0 bridgehead atoms. The van der Waals surface area contributed by atoms with Crippen LogP contribution in [-0.2, 0) is 0 Å². The van der Waals surface area contributed by atoms with Gasteiger partial charge in [0.2, 0.25) is 5.82 Å². The Morgan fingerprint density at radius 1 is 1.50 bits per heavy atom. The molecule has 0 amide bonds. The molecule has 2 rings (SSSR count). The van der Waals surface area contributed by atoms with Gasteiger partial charge in [-0.05, 0) is 24.6 Å². The van der Waals surface area contributed by atoms with Crippen molar-refractivity contribution in [2.45, 2.75) is 6.92 Å². The van der Waals surface area contributed by atoms with Gasteiger partial charge in [0.15, 0.2) is 0 Å². The Kier molecular flexibility index (Phi) is 2.66. The molecule has 0 aliphatic rings. The zero-order valence-corrected chi connectivity index (χ0v) is 9.12. The van der Waals surface area contributed by atoms with Crippen molar-refractivity contribution in [2.75, 3.05) is 0 Å². The van der Waals surface area contributed by atoms with Gasteiger partial charge in [-0.15, -0.1) is 11.3 Å². The minimum absolute atomic E-state index is 0.509. The first kappa shape index (κ1) is 10.7. The van der Waals surface area contributed by atoms with Crippen molar-refractivity contribution in [1.29, 1.82) is 0 Å². The third-order valence-electron chi connectivity index (χ3n) is 2.05. The number of benzene rings is 1. The van der Waals surface area contributed by atoms with Crippen LogP contribution in [0.15, 0.2) is 24.4 Å². The summed E-state index contributed by atoms with van der Waals surface area (Å²) in [6, 6.07) is 3.85. The molecule has 0 spiro atoms. The van der Waals surface area contributed by atoms with Crippen molar-refractivity contribution in [1.82, 2.24) is 4.98 Å². The van der Waals surface area contributed by atoms with Gasteiger partial charge in [-0.25, -0.2) is 4.98 Å². The second kappa shape index (κ2) is 3.97. The third-order valence-corrected chi connectivity index (χ3v) is 3.01. The average Bonchev–Trinajstić information content (AvgIpc) is 2.64. The summed E-state index contributed by atoms with van der Waals surface area (Å²) in [7, 11) is 0. The molecule has 1 heterocycles. The van der Waals surface area contributed by atoms with Crippen molar-refractivity contribution in [3.05, 3.63) is 45.3 Å². The maximum atomic E-state index is 13.3. The molecule has 0 fully saturated rings. The highest BCUT2D eigenvalue weighted by Crippen LogP contribution is 2.29. The molecular weight excluding hydrogens is 231 g/mol. The van der Waals surface area contributed by atoms with Crippen LogP contribution in [0.1, 0.15) is 5.01 Å². The van der Waals surface area contributed by atoms with Crippen LogP contribution >= 0.6 is 11.3 Å². The lowest BCUT2D eigenvalue weighted by Gasteiger charge is -1.97. The molecule has 0 saturated heterocycles. The van der Waals surface area contributed by atoms with E-state index in [4.69, 9.17) is 0 Å². The van der Waals surface area contributed by atoms with Gasteiger partial charge in [-0.2, -0.15) is 4.39 Å². The number of nitrogens with zero attached hydrogens (tertiary/aromatic N) is 2. The van der Waals surface area contributed by atoms with Gasteiger partial charge in [0.1, 0.15) is 0 Å². The summed E-state index contributed by atoms with van der Waals surface area (Å²) in [6.07, 6.45) is 1.63. The minimum Gasteiger partial charge on any atom is -0.258 e. The molecule has 1 aromatic heterocycles. The number of thiazole rings is 1. The number of hydrogen-bond donors (Lipinski definition) is 0. The molecule has 4 nitrogen and oxygen atoms in total. The SMILES string of the molecule is Cc1ncc(-c2ccc([N+](=O)[O-])c(F)c2)s1. The standard InChI is InChI=1S/C10H7FN2O2S/c1-6-12-5-10(16-6)7-2-3-9(13(14)15)8(11)4-7/h2-5H,1H3. The first-order chi connectivity index (χ1) is 7.58. The van der Waals surface area contributed by atoms with E-state index in [9.17, 15) is 14.5 Å². The van der Waals surface area contributed by atoms with E-state index in [0.29, 0.717) is 5.56 Å². The van der Waals surface area contributed by atoms with Crippen molar-refractivity contribution in [2.24, 2.45) is 0 Å². The molecule has 0 radical (unpaired) electrons. The Labute approximate surface area is 94.5 Å². The zero-order valence-electron chi connectivity index (χ0n) is 8.31. The van der Waals surface area contributed by atoms with Crippen LogP contribution in [-0.4, -0.2) is 9.91 Å². The normalized spacial score (nSPS) is 10.4. The van der Waals surface area contributed by atoms with E-state index in [1.807, 2.05) is 6.92 Å². The highest BCUT2D eigenvalue weighted by atomic mass is 32.1. The van der Waals surface area contributed by atoms with Crippen molar-refractivity contribution < 1.29 is 9.31 Å². The third kappa shape index (κ3) is 1.92. The van der Waals surface area contributed by atoms with Gasteiger partial charge in [-0.1, -0.05) is 0 Å². The van der Waals surface area contributed by atoms with Crippen LogP contribution in [0.5, 0.6) is 0 Å². The molecule has 0 N–H and O–H groups in total. The number of aromatic nitrogens is 1. The molecule has 2 aromatic rings. The van der Waals surface area contributed by atoms with E-state index >= 15 is 0 Å². The highest BCUT2D eigenvalue weighted by Gasteiger charge is 2.14. The summed E-state index contributed by atoms with van der Waals surface area (Å²) < 4.78 is 13.3. The van der Waals surface area contributed by atoms with Crippen LogP contribution in [0.25, 0.3) is 10.4 Å². The molecule has 16 heavy (non-hydrogen) atoms. The topological polar surface area (TPSA) is 56.0 Å². The van der Waals surface area contributed by atoms with Crippen LogP contribution < -0.4 is 0 Å². The Balaban J connectivity index is 2.45. The Morgan fingerprint density at radius 3 is 2.75 bits per heavy atom. The second-order valence-electron chi connectivity index (χ2n) is 3.17. The maximum Gasteiger partial charge on any atom is 0.304 e. The number of hydrogen-bond acceptors (Lipinski definition) is 4. The highest BCUT2D eigenvalue weighted by molar-refractivity contribution is 7.15. The van der Waals surface area contributed by atoms with Gasteiger partial charge in [-0.3, -0.25) is 10.1 Å². The Hall–Kier alpha value is -1.82. The van der Waals surface area contributed by atoms with Gasteiger partial charge < -0.3 is 0 Å². The zero-order chi connectivity index (χ0) is 11.7. The summed E-state index contributed by atoms with van der Waals surface area (Å²) in [4.78, 5) is 14.5. The fourth-order valence-electron chi connectivity index (χ4n) is 1.30. The summed E-state index contributed by atoms with van der Waals surface area (Å²) in [5.74, 6) is -0.825. The van der Waals surface area contributed by atoms with Gasteiger partial charge in [0, 0.05) is 12.3 Å². The van der Waals surface area contributed by atoms with E-state index in [2.05, 4.69) is 4.98 Å².